The molecule has 0 amide bonds. The van der Waals surface area contributed by atoms with Gasteiger partial charge in [0.2, 0.25) is 5.82 Å². The molecule has 9 nitrogen and oxygen atoms in total. The van der Waals surface area contributed by atoms with E-state index in [1.165, 1.54) is 4.57 Å². The molecule has 2 aromatic heterocycles. The van der Waals surface area contributed by atoms with Crippen LogP contribution >= 0.6 is 0 Å². The molecule has 3 aromatic carbocycles. The van der Waals surface area contributed by atoms with Gasteiger partial charge in [-0.25, -0.2) is 9.89 Å². The molecule has 2 heterocycles. The number of benzene rings is 3. The fourth-order valence-corrected chi connectivity index (χ4v) is 3.82. The largest absolute Gasteiger partial charge is 0.354 e. The van der Waals surface area contributed by atoms with Gasteiger partial charge in [-0.2, -0.15) is 0 Å². The molecule has 0 radical (unpaired) electrons. The van der Waals surface area contributed by atoms with E-state index in [2.05, 4.69) is 37.6 Å². The number of rotatable bonds is 5. The van der Waals surface area contributed by atoms with Gasteiger partial charge in [0.05, 0.1) is 6.54 Å². The molecule has 0 saturated heterocycles. The maximum absolute atomic E-state index is 13.2. The summed E-state index contributed by atoms with van der Waals surface area (Å²) in [4.78, 5) is 26.1. The van der Waals surface area contributed by atoms with E-state index in [1.54, 1.807) is 30.3 Å². The second-order valence-electron chi connectivity index (χ2n) is 7.92. The van der Waals surface area contributed by atoms with Crippen LogP contribution in [0.25, 0.3) is 22.5 Å². The molecule has 0 aliphatic heterocycles. The number of aromatic amines is 1. The first-order valence-electron chi connectivity index (χ1n) is 11.4. The van der Waals surface area contributed by atoms with Crippen LogP contribution in [0.15, 0.2) is 83.7 Å². The van der Waals surface area contributed by atoms with Crippen molar-refractivity contribution < 1.29 is 4.79 Å². The van der Waals surface area contributed by atoms with E-state index in [0.29, 0.717) is 17.8 Å². The number of H-pyrrole nitrogens is 1. The lowest BCUT2D eigenvalue weighted by Crippen LogP contribution is -2.30. The smallest absolute Gasteiger partial charge is 0.267 e. The standard InChI is InChI=1S/C27H21N7O2/c1-2-3-13-24-30-34(26(35)21-9-5-4-6-10-21)27(36)33(24)18-19-14-16-20(17-15-19)22-11-7-8-12-23(22)25-28-31-32-29-25/h4-12,14-17H,2,18H2,1H3,(H,28,29,31,32). The Bertz CT molecular complexity index is 1620. The number of tetrazole rings is 1. The number of hydrogen-bond acceptors (Lipinski definition) is 6. The molecule has 0 spiro atoms. The Morgan fingerprint density at radius 3 is 2.36 bits per heavy atom. The molecule has 0 saturated carbocycles. The van der Waals surface area contributed by atoms with E-state index in [-0.39, 0.29) is 12.4 Å². The lowest BCUT2D eigenvalue weighted by Gasteiger charge is -2.09. The summed E-state index contributed by atoms with van der Waals surface area (Å²) < 4.78 is 2.30. The second-order valence-corrected chi connectivity index (χ2v) is 7.92. The lowest BCUT2D eigenvalue weighted by molar-refractivity contribution is 0.0940. The molecule has 0 aliphatic rings. The number of aromatic nitrogens is 7. The van der Waals surface area contributed by atoms with Gasteiger partial charge in [0.25, 0.3) is 5.91 Å². The van der Waals surface area contributed by atoms with Gasteiger partial charge in [0, 0.05) is 17.5 Å². The maximum Gasteiger partial charge on any atom is 0.354 e. The number of hydrogen-bond donors (Lipinski definition) is 1. The summed E-state index contributed by atoms with van der Waals surface area (Å²) in [5, 5.41) is 18.4. The first kappa shape index (κ1) is 22.7. The quantitative estimate of drug-likeness (QED) is 0.390. The summed E-state index contributed by atoms with van der Waals surface area (Å²) in [5.74, 6) is 6.20. The monoisotopic (exact) mass is 475 g/mol. The zero-order chi connectivity index (χ0) is 24.9. The molecular weight excluding hydrogens is 454 g/mol. The van der Waals surface area contributed by atoms with Crippen LogP contribution in [-0.4, -0.2) is 40.9 Å². The van der Waals surface area contributed by atoms with Crippen molar-refractivity contribution in [3.8, 4) is 34.4 Å². The average molecular weight is 476 g/mol. The molecule has 176 valence electrons. The van der Waals surface area contributed by atoms with E-state index >= 15 is 0 Å². The van der Waals surface area contributed by atoms with Crippen molar-refractivity contribution in [1.29, 1.82) is 0 Å². The van der Waals surface area contributed by atoms with Gasteiger partial charge in [-0.05, 0) is 45.2 Å². The number of carbonyl (C=O) groups excluding carboxylic acids is 1. The van der Waals surface area contributed by atoms with E-state index in [4.69, 9.17) is 0 Å². The van der Waals surface area contributed by atoms with Crippen LogP contribution in [-0.2, 0) is 6.54 Å². The minimum Gasteiger partial charge on any atom is -0.267 e. The maximum atomic E-state index is 13.2. The molecule has 0 fully saturated rings. The number of carbonyl (C=O) groups is 1. The zero-order valence-corrected chi connectivity index (χ0v) is 19.4. The Morgan fingerprint density at radius 1 is 0.944 bits per heavy atom. The van der Waals surface area contributed by atoms with Crippen molar-refractivity contribution in [1.82, 2.24) is 35.0 Å². The highest BCUT2D eigenvalue weighted by atomic mass is 16.2. The van der Waals surface area contributed by atoms with Crippen LogP contribution < -0.4 is 5.69 Å². The topological polar surface area (TPSA) is 111 Å². The van der Waals surface area contributed by atoms with Crippen LogP contribution in [0.5, 0.6) is 0 Å². The van der Waals surface area contributed by atoms with Crippen molar-refractivity contribution in [3.05, 3.63) is 106 Å². The second kappa shape index (κ2) is 10.0. The van der Waals surface area contributed by atoms with Gasteiger partial charge in [-0.1, -0.05) is 79.6 Å². The van der Waals surface area contributed by atoms with Crippen molar-refractivity contribution >= 4 is 5.91 Å². The van der Waals surface area contributed by atoms with Gasteiger partial charge < -0.3 is 0 Å². The van der Waals surface area contributed by atoms with Crippen LogP contribution in [0.1, 0.15) is 35.1 Å². The van der Waals surface area contributed by atoms with Gasteiger partial charge in [-0.3, -0.25) is 9.36 Å². The number of nitrogens with one attached hydrogen (secondary N) is 1. The molecule has 1 N–H and O–H groups in total. The summed E-state index contributed by atoms with van der Waals surface area (Å²) >= 11 is 0. The third kappa shape index (κ3) is 4.48. The first-order valence-corrected chi connectivity index (χ1v) is 11.4. The van der Waals surface area contributed by atoms with Crippen molar-refractivity contribution in [2.24, 2.45) is 0 Å². The van der Waals surface area contributed by atoms with Crippen molar-refractivity contribution in [2.45, 2.75) is 19.9 Å². The Hall–Kier alpha value is -5.10. The third-order valence-electron chi connectivity index (χ3n) is 5.59. The van der Waals surface area contributed by atoms with Gasteiger partial charge in [0.15, 0.2) is 5.82 Å². The highest BCUT2D eigenvalue weighted by Gasteiger charge is 2.19. The predicted molar refractivity (Wildman–Crippen MR) is 134 cm³/mol. The van der Waals surface area contributed by atoms with E-state index < -0.39 is 11.6 Å². The average Bonchev–Trinajstić information content (AvgIpc) is 3.57. The third-order valence-corrected chi connectivity index (χ3v) is 5.59. The SMILES string of the molecule is CCC#Cc1nn(C(=O)c2ccccc2)c(=O)n1Cc1ccc(-c2ccccc2-c2nnn[nH]2)cc1. The summed E-state index contributed by atoms with van der Waals surface area (Å²) in [7, 11) is 0. The highest BCUT2D eigenvalue weighted by molar-refractivity contribution is 5.95. The van der Waals surface area contributed by atoms with Crippen molar-refractivity contribution in [2.75, 3.05) is 0 Å². The molecular formula is C27H21N7O2. The molecule has 5 aromatic rings. The van der Waals surface area contributed by atoms with Crippen LogP contribution in [0.3, 0.4) is 0 Å². The Balaban J connectivity index is 1.47. The summed E-state index contributed by atoms with van der Waals surface area (Å²) in [6.07, 6.45) is 0.600. The van der Waals surface area contributed by atoms with Crippen LogP contribution in [0.2, 0.25) is 0 Å². The molecule has 0 bridgehead atoms. The number of nitrogens with zero attached hydrogens (tertiary/aromatic N) is 6. The normalized spacial score (nSPS) is 10.6. The molecule has 0 aliphatic carbocycles. The molecule has 9 heteroatoms. The first-order chi connectivity index (χ1) is 17.7. The summed E-state index contributed by atoms with van der Waals surface area (Å²) in [6, 6.07) is 24.2. The van der Waals surface area contributed by atoms with E-state index in [0.717, 1.165) is 26.9 Å². The lowest BCUT2D eigenvalue weighted by atomic mass is 9.98. The fraction of sp³-hybridized carbons (Fsp3) is 0.111. The fourth-order valence-electron chi connectivity index (χ4n) is 3.82. The Morgan fingerprint density at radius 2 is 1.67 bits per heavy atom. The molecule has 0 unspecified atom stereocenters. The molecule has 5 rings (SSSR count). The Labute approximate surface area is 206 Å². The molecule has 36 heavy (non-hydrogen) atoms. The van der Waals surface area contributed by atoms with Gasteiger partial charge in [0.1, 0.15) is 0 Å². The zero-order valence-electron chi connectivity index (χ0n) is 19.4. The van der Waals surface area contributed by atoms with Gasteiger partial charge in [-0.15, -0.1) is 14.9 Å². The molecule has 0 atom stereocenters. The predicted octanol–water partition coefficient (Wildman–Crippen LogP) is 3.39. The summed E-state index contributed by atoms with van der Waals surface area (Å²) in [5.41, 5.74) is 3.53. The minimum absolute atomic E-state index is 0.225. The van der Waals surface area contributed by atoms with Gasteiger partial charge >= 0.3 is 5.69 Å². The van der Waals surface area contributed by atoms with Crippen molar-refractivity contribution in [3.63, 3.8) is 0 Å². The Kier molecular flexibility index (Phi) is 6.32. The van der Waals surface area contributed by atoms with E-state index in [1.807, 2.05) is 55.5 Å². The van der Waals surface area contributed by atoms with Crippen LogP contribution in [0.4, 0.5) is 0 Å². The minimum atomic E-state index is -0.531. The van der Waals surface area contributed by atoms with Crippen LogP contribution in [0, 0.1) is 11.8 Å². The highest BCUT2D eigenvalue weighted by Crippen LogP contribution is 2.29. The summed E-state index contributed by atoms with van der Waals surface area (Å²) in [6.45, 7) is 2.13. The van der Waals surface area contributed by atoms with E-state index in [9.17, 15) is 9.59 Å².